The third-order valence-corrected chi connectivity index (χ3v) is 3.69. The minimum Gasteiger partial charge on any atom is -0.166 e. The second kappa shape index (κ2) is 6.00. The molecule has 0 amide bonds. The SMILES string of the molecule is CCc1ccc(Cc2cc(Br)ccc2C(F)(F)F)cc1. The Hall–Kier alpha value is -1.29. The second-order valence-corrected chi connectivity index (χ2v) is 5.56. The van der Waals surface area contributed by atoms with E-state index in [9.17, 15) is 13.2 Å². The zero-order valence-electron chi connectivity index (χ0n) is 11.0. The monoisotopic (exact) mass is 342 g/mol. The van der Waals surface area contributed by atoms with Gasteiger partial charge in [0.2, 0.25) is 0 Å². The van der Waals surface area contributed by atoms with E-state index in [4.69, 9.17) is 0 Å². The molecule has 0 aliphatic heterocycles. The van der Waals surface area contributed by atoms with Crippen molar-refractivity contribution in [3.05, 3.63) is 69.2 Å². The van der Waals surface area contributed by atoms with E-state index in [0.29, 0.717) is 4.47 Å². The zero-order chi connectivity index (χ0) is 14.8. The molecule has 0 radical (unpaired) electrons. The molecule has 0 heterocycles. The fraction of sp³-hybridized carbons (Fsp3) is 0.250. The molecule has 0 atom stereocenters. The molecule has 0 fully saturated rings. The molecule has 0 saturated heterocycles. The first-order chi connectivity index (χ1) is 9.40. The van der Waals surface area contributed by atoms with E-state index in [1.54, 1.807) is 0 Å². The molecule has 0 N–H and O–H groups in total. The number of rotatable bonds is 3. The normalized spacial score (nSPS) is 11.7. The highest BCUT2D eigenvalue weighted by Gasteiger charge is 2.33. The van der Waals surface area contributed by atoms with Crippen LogP contribution in [0.25, 0.3) is 0 Å². The Morgan fingerprint density at radius 1 is 0.950 bits per heavy atom. The standard InChI is InChI=1S/C16H14BrF3/c1-2-11-3-5-12(6-4-11)9-13-10-14(17)7-8-15(13)16(18,19)20/h3-8,10H,2,9H2,1H3. The van der Waals surface area contributed by atoms with Crippen LogP contribution < -0.4 is 0 Å². The summed E-state index contributed by atoms with van der Waals surface area (Å²) in [5.74, 6) is 0. The average molecular weight is 343 g/mol. The fourth-order valence-electron chi connectivity index (χ4n) is 2.10. The van der Waals surface area contributed by atoms with E-state index < -0.39 is 11.7 Å². The molecule has 0 saturated carbocycles. The molecule has 2 aromatic rings. The Balaban J connectivity index is 2.34. The highest BCUT2D eigenvalue weighted by atomic mass is 79.9. The van der Waals surface area contributed by atoms with Gasteiger partial charge in [0.15, 0.2) is 0 Å². The number of hydrogen-bond acceptors (Lipinski definition) is 0. The lowest BCUT2D eigenvalue weighted by Gasteiger charge is -2.13. The number of aryl methyl sites for hydroxylation is 1. The van der Waals surface area contributed by atoms with Gasteiger partial charge in [-0.05, 0) is 47.7 Å². The van der Waals surface area contributed by atoms with Crippen LogP contribution in [0.4, 0.5) is 13.2 Å². The van der Waals surface area contributed by atoms with Crippen molar-refractivity contribution in [3.63, 3.8) is 0 Å². The summed E-state index contributed by atoms with van der Waals surface area (Å²) in [6, 6.07) is 11.8. The molecular weight excluding hydrogens is 329 g/mol. The molecule has 106 valence electrons. The van der Waals surface area contributed by atoms with Crippen molar-refractivity contribution in [1.82, 2.24) is 0 Å². The molecule has 0 spiro atoms. The molecule has 0 aromatic heterocycles. The predicted octanol–water partition coefficient (Wildman–Crippen LogP) is 5.62. The second-order valence-electron chi connectivity index (χ2n) is 4.65. The maximum absolute atomic E-state index is 13.0. The fourth-order valence-corrected chi connectivity index (χ4v) is 2.51. The van der Waals surface area contributed by atoms with Gasteiger partial charge >= 0.3 is 6.18 Å². The molecule has 0 nitrogen and oxygen atoms in total. The summed E-state index contributed by atoms with van der Waals surface area (Å²) in [5.41, 5.74) is 1.78. The van der Waals surface area contributed by atoms with Gasteiger partial charge in [0.25, 0.3) is 0 Å². The van der Waals surface area contributed by atoms with Gasteiger partial charge in [-0.3, -0.25) is 0 Å². The topological polar surface area (TPSA) is 0 Å². The predicted molar refractivity (Wildman–Crippen MR) is 77.8 cm³/mol. The average Bonchev–Trinajstić information content (AvgIpc) is 2.38. The van der Waals surface area contributed by atoms with Crippen molar-refractivity contribution in [1.29, 1.82) is 0 Å². The van der Waals surface area contributed by atoms with E-state index in [0.717, 1.165) is 18.1 Å². The third-order valence-electron chi connectivity index (χ3n) is 3.20. The van der Waals surface area contributed by atoms with E-state index >= 15 is 0 Å². The summed E-state index contributed by atoms with van der Waals surface area (Å²) >= 11 is 3.23. The maximum atomic E-state index is 13.0. The maximum Gasteiger partial charge on any atom is 0.416 e. The lowest BCUT2D eigenvalue weighted by molar-refractivity contribution is -0.138. The van der Waals surface area contributed by atoms with Gasteiger partial charge in [-0.2, -0.15) is 13.2 Å². The van der Waals surface area contributed by atoms with Crippen molar-refractivity contribution >= 4 is 15.9 Å². The Morgan fingerprint density at radius 2 is 1.55 bits per heavy atom. The van der Waals surface area contributed by atoms with Crippen molar-refractivity contribution < 1.29 is 13.2 Å². The molecule has 2 rings (SSSR count). The van der Waals surface area contributed by atoms with Crippen LogP contribution in [0.5, 0.6) is 0 Å². The van der Waals surface area contributed by atoms with Crippen molar-refractivity contribution in [2.75, 3.05) is 0 Å². The van der Waals surface area contributed by atoms with Crippen LogP contribution >= 0.6 is 15.9 Å². The largest absolute Gasteiger partial charge is 0.416 e. The smallest absolute Gasteiger partial charge is 0.166 e. The Kier molecular flexibility index (Phi) is 4.53. The van der Waals surface area contributed by atoms with E-state index in [1.807, 2.05) is 31.2 Å². The zero-order valence-corrected chi connectivity index (χ0v) is 12.6. The number of alkyl halides is 3. The molecule has 0 unspecified atom stereocenters. The quantitative estimate of drug-likeness (QED) is 0.678. The van der Waals surface area contributed by atoms with Crippen LogP contribution in [0.1, 0.15) is 29.2 Å². The van der Waals surface area contributed by atoms with Gasteiger partial charge in [0, 0.05) is 4.47 Å². The summed E-state index contributed by atoms with van der Waals surface area (Å²) in [7, 11) is 0. The van der Waals surface area contributed by atoms with E-state index in [-0.39, 0.29) is 12.0 Å². The minimum absolute atomic E-state index is 0.276. The molecule has 2 aromatic carbocycles. The highest BCUT2D eigenvalue weighted by molar-refractivity contribution is 9.10. The summed E-state index contributed by atoms with van der Waals surface area (Å²) < 4.78 is 39.6. The van der Waals surface area contributed by atoms with Gasteiger partial charge in [-0.25, -0.2) is 0 Å². The van der Waals surface area contributed by atoms with Gasteiger partial charge in [0.05, 0.1) is 5.56 Å². The summed E-state index contributed by atoms with van der Waals surface area (Å²) in [4.78, 5) is 0. The molecule has 0 bridgehead atoms. The van der Waals surface area contributed by atoms with Gasteiger partial charge in [0.1, 0.15) is 0 Å². The number of benzene rings is 2. The van der Waals surface area contributed by atoms with Crippen molar-refractivity contribution in [2.45, 2.75) is 25.9 Å². The summed E-state index contributed by atoms with van der Waals surface area (Å²) in [5, 5.41) is 0. The number of halogens is 4. The van der Waals surface area contributed by atoms with Crippen LogP contribution in [0, 0.1) is 0 Å². The molecule has 20 heavy (non-hydrogen) atoms. The molecule has 0 aliphatic rings. The molecular formula is C16H14BrF3. The number of hydrogen-bond donors (Lipinski definition) is 0. The molecule has 0 aliphatic carbocycles. The Labute approximate surface area is 124 Å². The van der Waals surface area contributed by atoms with Crippen LogP contribution in [0.15, 0.2) is 46.9 Å². The Bertz CT molecular complexity index is 586. The van der Waals surface area contributed by atoms with Crippen LogP contribution in [0.3, 0.4) is 0 Å². The third kappa shape index (κ3) is 3.63. The van der Waals surface area contributed by atoms with Gasteiger partial charge < -0.3 is 0 Å². The molecule has 4 heteroatoms. The van der Waals surface area contributed by atoms with Crippen LogP contribution in [-0.4, -0.2) is 0 Å². The summed E-state index contributed by atoms with van der Waals surface area (Å²) in [6.07, 6.45) is -3.12. The van der Waals surface area contributed by atoms with Crippen LogP contribution in [-0.2, 0) is 19.0 Å². The van der Waals surface area contributed by atoms with E-state index in [1.165, 1.54) is 17.7 Å². The van der Waals surface area contributed by atoms with Crippen molar-refractivity contribution in [3.8, 4) is 0 Å². The lowest BCUT2D eigenvalue weighted by Crippen LogP contribution is -2.09. The summed E-state index contributed by atoms with van der Waals surface area (Å²) in [6.45, 7) is 2.05. The van der Waals surface area contributed by atoms with Gasteiger partial charge in [-0.1, -0.05) is 47.1 Å². The first-order valence-electron chi connectivity index (χ1n) is 6.33. The Morgan fingerprint density at radius 3 is 2.10 bits per heavy atom. The first-order valence-corrected chi connectivity index (χ1v) is 7.13. The van der Waals surface area contributed by atoms with Crippen molar-refractivity contribution in [2.24, 2.45) is 0 Å². The minimum atomic E-state index is -4.32. The van der Waals surface area contributed by atoms with E-state index in [2.05, 4.69) is 15.9 Å². The first kappa shape index (κ1) is 15.1. The van der Waals surface area contributed by atoms with Gasteiger partial charge in [-0.15, -0.1) is 0 Å². The van der Waals surface area contributed by atoms with Crippen LogP contribution in [0.2, 0.25) is 0 Å². The lowest BCUT2D eigenvalue weighted by atomic mass is 9.98. The highest BCUT2D eigenvalue weighted by Crippen LogP contribution is 2.34.